The summed E-state index contributed by atoms with van der Waals surface area (Å²) in [5.74, 6) is 0.841. The molecular weight excluding hydrogens is 422 g/mol. The predicted octanol–water partition coefficient (Wildman–Crippen LogP) is 6.68. The number of carbonyl (C=O) groups excluding carboxylic acids is 1. The van der Waals surface area contributed by atoms with Crippen LogP contribution in [-0.2, 0) is 4.79 Å². The molecule has 0 aliphatic carbocycles. The first-order valence-electron chi connectivity index (χ1n) is 12.9. The number of benzene rings is 2. The number of unbranched alkanes of at least 4 members (excludes halogenated alkanes) is 2. The molecule has 0 spiro atoms. The molecule has 2 unspecified atom stereocenters. The van der Waals surface area contributed by atoms with Crippen molar-refractivity contribution in [3.05, 3.63) is 70.8 Å². The molecule has 0 N–H and O–H groups in total. The second-order valence-corrected chi connectivity index (χ2v) is 9.02. The molecule has 2 aromatic carbocycles. The summed E-state index contributed by atoms with van der Waals surface area (Å²) in [6.07, 6.45) is 6.48. The Morgan fingerprint density at radius 2 is 1.59 bits per heavy atom. The normalized spacial score (nSPS) is 13.1. The Balaban J connectivity index is 2.20. The molecule has 0 fully saturated rings. The van der Waals surface area contributed by atoms with E-state index >= 15 is 0 Å². The van der Waals surface area contributed by atoms with Crippen molar-refractivity contribution >= 4 is 16.8 Å². The summed E-state index contributed by atoms with van der Waals surface area (Å²) in [6.45, 7) is 9.17. The standard InChI is InChI=1S/C29H39N3O2/c1-5-9-16-22(7-3)28(33)31(21-10-6-2)26(8-4)27-30-25-20-15-14-19-24(25)29(34)32(27)23-17-12-11-13-18-23/h11-15,17-20,22,26H,5-10,16,21H2,1-4H3. The molecule has 0 saturated heterocycles. The second-order valence-electron chi connectivity index (χ2n) is 9.02. The highest BCUT2D eigenvalue weighted by Crippen LogP contribution is 2.29. The van der Waals surface area contributed by atoms with Crippen molar-refractivity contribution in [3.63, 3.8) is 0 Å². The van der Waals surface area contributed by atoms with Gasteiger partial charge in [0, 0.05) is 12.5 Å². The second kappa shape index (κ2) is 12.5. The van der Waals surface area contributed by atoms with Gasteiger partial charge >= 0.3 is 0 Å². The SMILES string of the molecule is CCCCC(CC)C(=O)N(CCCC)C(CC)c1nc2ccccc2c(=O)n1-c1ccccc1. The van der Waals surface area contributed by atoms with Crippen LogP contribution in [0.4, 0.5) is 0 Å². The van der Waals surface area contributed by atoms with Gasteiger partial charge in [-0.05, 0) is 49.9 Å². The topological polar surface area (TPSA) is 55.2 Å². The van der Waals surface area contributed by atoms with Crippen LogP contribution in [0.2, 0.25) is 0 Å². The fraction of sp³-hybridized carbons (Fsp3) is 0.483. The van der Waals surface area contributed by atoms with Gasteiger partial charge in [0.15, 0.2) is 0 Å². The number of hydrogen-bond donors (Lipinski definition) is 0. The third kappa shape index (κ3) is 5.57. The molecule has 2 atom stereocenters. The molecule has 1 heterocycles. The summed E-state index contributed by atoms with van der Waals surface area (Å²) >= 11 is 0. The molecule has 1 aromatic heterocycles. The summed E-state index contributed by atoms with van der Waals surface area (Å²) in [5, 5.41) is 0.589. The van der Waals surface area contributed by atoms with Crippen LogP contribution in [0.3, 0.4) is 0 Å². The number of para-hydroxylation sites is 2. The lowest BCUT2D eigenvalue weighted by Crippen LogP contribution is -2.42. The Morgan fingerprint density at radius 1 is 0.912 bits per heavy atom. The van der Waals surface area contributed by atoms with Gasteiger partial charge in [0.05, 0.1) is 22.6 Å². The van der Waals surface area contributed by atoms with Gasteiger partial charge in [0.25, 0.3) is 5.56 Å². The molecule has 0 aliphatic heterocycles. The van der Waals surface area contributed by atoms with Crippen LogP contribution in [0, 0.1) is 5.92 Å². The largest absolute Gasteiger partial charge is 0.332 e. The monoisotopic (exact) mass is 461 g/mol. The maximum absolute atomic E-state index is 13.9. The Morgan fingerprint density at radius 3 is 2.24 bits per heavy atom. The van der Waals surface area contributed by atoms with E-state index in [2.05, 4.69) is 27.7 Å². The highest BCUT2D eigenvalue weighted by Gasteiger charge is 2.31. The van der Waals surface area contributed by atoms with Gasteiger partial charge in [0.1, 0.15) is 5.82 Å². The number of amides is 1. The van der Waals surface area contributed by atoms with Crippen LogP contribution in [0.5, 0.6) is 0 Å². The van der Waals surface area contributed by atoms with Gasteiger partial charge in [-0.2, -0.15) is 0 Å². The van der Waals surface area contributed by atoms with Crippen molar-refractivity contribution in [2.45, 2.75) is 78.7 Å². The zero-order valence-electron chi connectivity index (χ0n) is 21.2. The highest BCUT2D eigenvalue weighted by molar-refractivity contribution is 5.80. The van der Waals surface area contributed by atoms with Crippen molar-refractivity contribution in [2.75, 3.05) is 6.54 Å². The minimum atomic E-state index is -0.271. The fourth-order valence-electron chi connectivity index (χ4n) is 4.68. The molecule has 0 radical (unpaired) electrons. The number of aromatic nitrogens is 2. The average molecular weight is 462 g/mol. The van der Waals surface area contributed by atoms with Crippen LogP contribution >= 0.6 is 0 Å². The van der Waals surface area contributed by atoms with Crippen LogP contribution in [0.1, 0.15) is 84.5 Å². The Bertz CT molecular complexity index is 1120. The van der Waals surface area contributed by atoms with Gasteiger partial charge in [-0.15, -0.1) is 0 Å². The maximum atomic E-state index is 13.9. The van der Waals surface area contributed by atoms with Crippen LogP contribution in [-0.4, -0.2) is 26.9 Å². The third-order valence-corrected chi connectivity index (χ3v) is 6.66. The number of hydrogen-bond acceptors (Lipinski definition) is 3. The number of nitrogens with zero attached hydrogens (tertiary/aromatic N) is 3. The zero-order chi connectivity index (χ0) is 24.5. The molecular formula is C29H39N3O2. The molecule has 0 aliphatic rings. The molecule has 5 nitrogen and oxygen atoms in total. The number of fused-ring (bicyclic) bond motifs is 1. The number of carbonyl (C=O) groups is 1. The Kier molecular flexibility index (Phi) is 9.43. The van der Waals surface area contributed by atoms with E-state index in [1.54, 1.807) is 4.57 Å². The van der Waals surface area contributed by atoms with E-state index in [1.807, 2.05) is 59.5 Å². The van der Waals surface area contributed by atoms with E-state index in [9.17, 15) is 9.59 Å². The molecule has 182 valence electrons. The lowest BCUT2D eigenvalue weighted by atomic mass is 9.96. The Hall–Kier alpha value is -2.95. The smallest absolute Gasteiger partial charge is 0.266 e. The van der Waals surface area contributed by atoms with E-state index in [4.69, 9.17) is 4.98 Å². The Labute approximate surface area is 203 Å². The minimum absolute atomic E-state index is 0.00297. The van der Waals surface area contributed by atoms with Gasteiger partial charge in [-0.3, -0.25) is 14.2 Å². The molecule has 3 aromatic rings. The fourth-order valence-corrected chi connectivity index (χ4v) is 4.68. The number of rotatable bonds is 12. The minimum Gasteiger partial charge on any atom is -0.332 e. The van der Waals surface area contributed by atoms with Gasteiger partial charge in [-0.1, -0.05) is 77.3 Å². The quantitative estimate of drug-likeness (QED) is 0.302. The first kappa shape index (κ1) is 25.7. The first-order chi connectivity index (χ1) is 16.6. The summed E-state index contributed by atoms with van der Waals surface area (Å²) in [4.78, 5) is 34.6. The van der Waals surface area contributed by atoms with Crippen LogP contribution in [0.25, 0.3) is 16.6 Å². The van der Waals surface area contributed by atoms with Gasteiger partial charge in [0.2, 0.25) is 5.91 Å². The predicted molar refractivity (Wildman–Crippen MR) is 140 cm³/mol. The summed E-state index contributed by atoms with van der Waals surface area (Å²) in [5.41, 5.74) is 1.36. The molecule has 3 rings (SSSR count). The molecule has 5 heteroatoms. The van der Waals surface area contributed by atoms with Crippen LogP contribution < -0.4 is 5.56 Å². The van der Waals surface area contributed by atoms with E-state index < -0.39 is 0 Å². The summed E-state index contributed by atoms with van der Waals surface area (Å²) in [7, 11) is 0. The summed E-state index contributed by atoms with van der Waals surface area (Å²) < 4.78 is 1.72. The molecule has 34 heavy (non-hydrogen) atoms. The third-order valence-electron chi connectivity index (χ3n) is 6.66. The van der Waals surface area contributed by atoms with Crippen molar-refractivity contribution in [2.24, 2.45) is 5.92 Å². The van der Waals surface area contributed by atoms with Crippen molar-refractivity contribution in [1.29, 1.82) is 0 Å². The van der Waals surface area contributed by atoms with Crippen LogP contribution in [0.15, 0.2) is 59.4 Å². The van der Waals surface area contributed by atoms with E-state index in [-0.39, 0.29) is 23.4 Å². The van der Waals surface area contributed by atoms with Crippen molar-refractivity contribution in [1.82, 2.24) is 14.5 Å². The van der Waals surface area contributed by atoms with Crippen molar-refractivity contribution < 1.29 is 4.79 Å². The lowest BCUT2D eigenvalue weighted by molar-refractivity contribution is -0.139. The zero-order valence-corrected chi connectivity index (χ0v) is 21.2. The maximum Gasteiger partial charge on any atom is 0.266 e. The van der Waals surface area contributed by atoms with E-state index in [0.29, 0.717) is 29.7 Å². The molecule has 0 saturated carbocycles. The molecule has 0 bridgehead atoms. The summed E-state index contributed by atoms with van der Waals surface area (Å²) in [6, 6.07) is 16.9. The highest BCUT2D eigenvalue weighted by atomic mass is 16.2. The van der Waals surface area contributed by atoms with Crippen molar-refractivity contribution in [3.8, 4) is 5.69 Å². The first-order valence-corrected chi connectivity index (χ1v) is 12.9. The van der Waals surface area contributed by atoms with Gasteiger partial charge in [-0.25, -0.2) is 4.98 Å². The lowest BCUT2D eigenvalue weighted by Gasteiger charge is -2.35. The average Bonchev–Trinajstić information content (AvgIpc) is 2.87. The van der Waals surface area contributed by atoms with E-state index in [0.717, 1.165) is 44.2 Å². The van der Waals surface area contributed by atoms with E-state index in [1.165, 1.54) is 0 Å². The van der Waals surface area contributed by atoms with Gasteiger partial charge < -0.3 is 4.90 Å². The molecule has 1 amide bonds.